The first kappa shape index (κ1) is 33.4. The Bertz CT molecular complexity index is 1830. The molecular weight excluding hydrogens is 606 g/mol. The van der Waals surface area contributed by atoms with Gasteiger partial charge in [0.05, 0.1) is 26.9 Å². The summed E-state index contributed by atoms with van der Waals surface area (Å²) in [6.45, 7) is 10.6. The Balaban J connectivity index is 0.000000566. The van der Waals surface area contributed by atoms with Crippen LogP contribution < -0.4 is 14.2 Å². The standard InChI is InChI=1S/C25H24N2O8S2.C6H15N/c28-36(29,30)15-5-13-26-20-9-3-4-10-21(20)34-23(26)17-24-27(14-6-16-37(31,32)33)25-19-8-2-1-7-18(19)11-12-22(25)35-24;1-4-7(5-2)6-3/h1-4,7-12,17H,5-6,13-16H2,(H-,28,29,30,31,32,33);4-6H2,1-3H3. The van der Waals surface area contributed by atoms with Crippen LogP contribution in [0.5, 0.6) is 5.75 Å². The summed E-state index contributed by atoms with van der Waals surface area (Å²) in [6, 6.07) is 18.7. The molecule has 13 heteroatoms. The van der Waals surface area contributed by atoms with E-state index in [1.165, 1.54) is 19.6 Å². The average molecular weight is 646 g/mol. The number of nitrogens with zero attached hydrogens (tertiary/aromatic N) is 3. The summed E-state index contributed by atoms with van der Waals surface area (Å²) < 4.78 is 79.5. The Morgan fingerprint density at radius 2 is 1.59 bits per heavy atom. The third-order valence-electron chi connectivity index (χ3n) is 7.40. The van der Waals surface area contributed by atoms with E-state index in [1.807, 2.05) is 59.2 Å². The molecule has 0 radical (unpaired) electrons. The molecule has 0 amide bonds. The molecule has 44 heavy (non-hydrogen) atoms. The number of aromatic nitrogens is 1. The molecule has 3 aromatic carbocycles. The molecule has 1 aromatic heterocycles. The molecule has 1 N–H and O–H groups in total. The van der Waals surface area contributed by atoms with E-state index in [4.69, 9.17) is 13.7 Å². The van der Waals surface area contributed by atoms with Crippen LogP contribution in [-0.4, -0.2) is 68.5 Å². The number of hydrogen-bond donors (Lipinski definition) is 1. The highest BCUT2D eigenvalue weighted by molar-refractivity contribution is 7.85. The van der Waals surface area contributed by atoms with Crippen molar-refractivity contribution in [2.45, 2.75) is 40.2 Å². The third kappa shape index (κ3) is 8.57. The minimum absolute atomic E-state index is 0.0870. The Morgan fingerprint density at radius 3 is 2.25 bits per heavy atom. The van der Waals surface area contributed by atoms with E-state index in [0.717, 1.165) is 22.0 Å². The van der Waals surface area contributed by atoms with Crippen LogP contribution in [0.4, 0.5) is 5.69 Å². The molecule has 0 spiro atoms. The van der Waals surface area contributed by atoms with Gasteiger partial charge in [-0.25, -0.2) is 8.42 Å². The number of fused-ring (bicyclic) bond motifs is 4. The van der Waals surface area contributed by atoms with Crippen LogP contribution in [0.25, 0.3) is 27.9 Å². The number of anilines is 1. The molecule has 5 rings (SSSR count). The van der Waals surface area contributed by atoms with Crippen molar-refractivity contribution in [1.82, 2.24) is 4.90 Å². The normalized spacial score (nSPS) is 14.2. The van der Waals surface area contributed by atoms with E-state index in [1.54, 1.807) is 17.0 Å². The summed E-state index contributed by atoms with van der Waals surface area (Å²) in [4.78, 5) is 4.16. The summed E-state index contributed by atoms with van der Waals surface area (Å²) in [7, 11) is -8.51. The number of para-hydroxylation sites is 2. The van der Waals surface area contributed by atoms with Crippen molar-refractivity contribution in [1.29, 1.82) is 0 Å². The lowest BCUT2D eigenvalue weighted by molar-refractivity contribution is -0.677. The minimum atomic E-state index is -4.39. The predicted molar refractivity (Wildman–Crippen MR) is 170 cm³/mol. The zero-order valence-electron chi connectivity index (χ0n) is 25.2. The van der Waals surface area contributed by atoms with Gasteiger partial charge in [0.25, 0.3) is 15.6 Å². The van der Waals surface area contributed by atoms with E-state index >= 15 is 0 Å². The number of ether oxygens (including phenoxy) is 1. The lowest BCUT2D eigenvalue weighted by Gasteiger charge is -2.17. The van der Waals surface area contributed by atoms with Gasteiger partial charge in [-0.05, 0) is 55.7 Å². The van der Waals surface area contributed by atoms with Gasteiger partial charge in [-0.15, -0.1) is 0 Å². The summed E-state index contributed by atoms with van der Waals surface area (Å²) in [5.74, 6) is 0.407. The van der Waals surface area contributed by atoms with Crippen LogP contribution in [-0.2, 0) is 26.8 Å². The Hall–Kier alpha value is -3.49. The highest BCUT2D eigenvalue weighted by Gasteiger charge is 2.30. The second-order valence-electron chi connectivity index (χ2n) is 10.3. The van der Waals surface area contributed by atoms with Crippen LogP contribution in [0.15, 0.2) is 71.0 Å². The van der Waals surface area contributed by atoms with Crippen molar-refractivity contribution < 1.29 is 39.7 Å². The molecule has 2 heterocycles. The fraction of sp³-hybridized carbons (Fsp3) is 0.387. The molecule has 0 saturated heterocycles. The average Bonchev–Trinajstić information content (AvgIpc) is 3.51. The summed E-state index contributed by atoms with van der Waals surface area (Å²) in [5, 5.41) is 1.87. The van der Waals surface area contributed by atoms with E-state index in [-0.39, 0.29) is 25.9 Å². The summed E-state index contributed by atoms with van der Waals surface area (Å²) >= 11 is 0. The first-order valence-electron chi connectivity index (χ1n) is 14.6. The van der Waals surface area contributed by atoms with Crippen LogP contribution in [0.2, 0.25) is 0 Å². The van der Waals surface area contributed by atoms with Crippen LogP contribution in [0.3, 0.4) is 0 Å². The molecule has 0 unspecified atom stereocenters. The SMILES string of the molecule is CCN(CC)CC.O=S(=O)([O-])CCC[n+]1c(/C=C2\Oc3ccccc3N2CCCS(=O)(=O)O)oc2ccc3ccccc3c21. The fourth-order valence-electron chi connectivity index (χ4n) is 5.18. The highest BCUT2D eigenvalue weighted by Crippen LogP contribution is 2.39. The molecule has 0 bridgehead atoms. The highest BCUT2D eigenvalue weighted by atomic mass is 32.2. The van der Waals surface area contributed by atoms with Crippen molar-refractivity contribution in [3.05, 3.63) is 72.4 Å². The predicted octanol–water partition coefficient (Wildman–Crippen LogP) is 4.63. The van der Waals surface area contributed by atoms with E-state index in [2.05, 4.69) is 25.7 Å². The number of aryl methyl sites for hydroxylation is 1. The fourth-order valence-corrected chi connectivity index (χ4v) is 6.15. The molecule has 0 aliphatic carbocycles. The van der Waals surface area contributed by atoms with Crippen molar-refractivity contribution in [2.24, 2.45) is 0 Å². The lowest BCUT2D eigenvalue weighted by atomic mass is 10.1. The largest absolute Gasteiger partial charge is 0.748 e. The molecule has 0 fully saturated rings. The maximum Gasteiger partial charge on any atom is 0.379 e. The molecular formula is C31H39N3O8S2. The smallest absolute Gasteiger partial charge is 0.379 e. The van der Waals surface area contributed by atoms with Crippen LogP contribution in [0, 0.1) is 0 Å². The molecule has 0 atom stereocenters. The number of oxazole rings is 1. The van der Waals surface area contributed by atoms with Gasteiger partial charge in [-0.1, -0.05) is 57.2 Å². The molecule has 1 aliphatic rings. The Labute approximate surface area is 258 Å². The van der Waals surface area contributed by atoms with Crippen LogP contribution in [0.1, 0.15) is 39.5 Å². The molecule has 4 aromatic rings. The molecule has 0 saturated carbocycles. The monoisotopic (exact) mass is 645 g/mol. The quantitative estimate of drug-likeness (QED) is 0.171. The number of benzene rings is 3. The van der Waals surface area contributed by atoms with Gasteiger partial charge < -0.3 is 23.5 Å². The summed E-state index contributed by atoms with van der Waals surface area (Å²) in [6.07, 6.45) is 1.90. The molecule has 1 aliphatic heterocycles. The Kier molecular flexibility index (Phi) is 11.0. The zero-order valence-corrected chi connectivity index (χ0v) is 26.8. The van der Waals surface area contributed by atoms with E-state index < -0.39 is 31.7 Å². The molecule has 11 nitrogen and oxygen atoms in total. The number of rotatable bonds is 12. The van der Waals surface area contributed by atoms with Gasteiger partial charge in [0.2, 0.25) is 11.5 Å². The summed E-state index contributed by atoms with van der Waals surface area (Å²) in [5.41, 5.74) is 2.06. The van der Waals surface area contributed by atoms with Crippen molar-refractivity contribution in [3.8, 4) is 5.75 Å². The van der Waals surface area contributed by atoms with Gasteiger partial charge in [0, 0.05) is 18.7 Å². The van der Waals surface area contributed by atoms with E-state index in [0.29, 0.717) is 23.1 Å². The van der Waals surface area contributed by atoms with Gasteiger partial charge in [-0.2, -0.15) is 13.0 Å². The molecule has 238 valence electrons. The van der Waals surface area contributed by atoms with Gasteiger partial charge >= 0.3 is 5.89 Å². The first-order valence-corrected chi connectivity index (χ1v) is 17.8. The first-order chi connectivity index (χ1) is 20.9. The van der Waals surface area contributed by atoms with Crippen molar-refractivity contribution in [3.63, 3.8) is 0 Å². The van der Waals surface area contributed by atoms with Gasteiger partial charge in [-0.3, -0.25) is 4.55 Å². The number of hydrogen-bond acceptors (Lipinski definition) is 9. The lowest BCUT2D eigenvalue weighted by Crippen LogP contribution is -2.37. The Morgan fingerprint density at radius 1 is 0.909 bits per heavy atom. The maximum absolute atomic E-state index is 11.3. The maximum atomic E-state index is 11.3. The second-order valence-corrected chi connectivity index (χ2v) is 13.4. The topological polar surface area (TPSA) is 144 Å². The second kappa shape index (κ2) is 14.5. The van der Waals surface area contributed by atoms with E-state index in [9.17, 15) is 21.4 Å². The van der Waals surface area contributed by atoms with Crippen molar-refractivity contribution in [2.75, 3.05) is 42.6 Å². The third-order valence-corrected chi connectivity index (χ3v) is 8.99. The van der Waals surface area contributed by atoms with Gasteiger partial charge in [0.1, 0.15) is 6.08 Å². The van der Waals surface area contributed by atoms with Crippen LogP contribution >= 0.6 is 0 Å². The minimum Gasteiger partial charge on any atom is -0.748 e. The zero-order chi connectivity index (χ0) is 31.9. The van der Waals surface area contributed by atoms with Crippen molar-refractivity contribution >= 4 is 53.9 Å². The van der Waals surface area contributed by atoms with Gasteiger partial charge in [0.15, 0.2) is 12.3 Å².